The average Bonchev–Trinajstić information content (AvgIpc) is 3.10. The molecule has 0 unspecified atom stereocenters. The normalized spacial score (nSPS) is 20.2. The Labute approximate surface area is 158 Å². The summed E-state index contributed by atoms with van der Waals surface area (Å²) in [5, 5.41) is 5.67. The predicted octanol–water partition coefficient (Wildman–Crippen LogP) is 4.14. The Balaban J connectivity index is 1.57. The molecule has 1 aliphatic heterocycles. The minimum absolute atomic E-state index is 0.105. The Hall–Kier alpha value is -1.92. The molecule has 1 amide bonds. The van der Waals surface area contributed by atoms with Crippen LogP contribution in [0.4, 0.5) is 0 Å². The molecule has 0 saturated carbocycles. The quantitative estimate of drug-likeness (QED) is 0.825. The molecule has 2 aromatic rings. The molecule has 6 heteroatoms. The summed E-state index contributed by atoms with van der Waals surface area (Å²) >= 11 is 1.48. The highest BCUT2D eigenvalue weighted by atomic mass is 32.1. The summed E-state index contributed by atoms with van der Waals surface area (Å²) in [5.74, 6) is 1.21. The van der Waals surface area contributed by atoms with E-state index in [4.69, 9.17) is 9.47 Å². The zero-order chi connectivity index (χ0) is 18.5. The van der Waals surface area contributed by atoms with Gasteiger partial charge >= 0.3 is 0 Å². The lowest BCUT2D eigenvalue weighted by atomic mass is 9.96. The second-order valence-corrected chi connectivity index (χ2v) is 7.87. The van der Waals surface area contributed by atoms with E-state index in [9.17, 15) is 4.79 Å². The van der Waals surface area contributed by atoms with Gasteiger partial charge in [-0.1, -0.05) is 0 Å². The van der Waals surface area contributed by atoms with Gasteiger partial charge in [-0.25, -0.2) is 4.98 Å². The molecule has 2 heterocycles. The van der Waals surface area contributed by atoms with Crippen LogP contribution in [0.15, 0.2) is 29.6 Å². The molecule has 1 saturated heterocycles. The van der Waals surface area contributed by atoms with Crippen LogP contribution < -0.4 is 10.1 Å². The first kappa shape index (κ1) is 18.9. The Morgan fingerprint density at radius 2 is 2.15 bits per heavy atom. The van der Waals surface area contributed by atoms with Crippen LogP contribution >= 0.6 is 11.3 Å². The summed E-state index contributed by atoms with van der Waals surface area (Å²) in [6.07, 6.45) is 2.42. The molecular formula is C20H26N2O3S. The number of nitrogens with zero attached hydrogens (tertiary/aromatic N) is 1. The molecule has 1 aromatic carbocycles. The molecule has 0 bridgehead atoms. The summed E-state index contributed by atoms with van der Waals surface area (Å²) in [4.78, 5) is 16.9. The molecule has 1 fully saturated rings. The SMILES string of the molecule is CC(C)Oc1ccc(-c2nc(C(=O)NC[C@@H]3CCO[C@@H](C)C3)cs2)cc1. The van der Waals surface area contributed by atoms with Crippen LogP contribution in [-0.2, 0) is 4.74 Å². The van der Waals surface area contributed by atoms with E-state index < -0.39 is 0 Å². The molecular weight excluding hydrogens is 348 g/mol. The Bertz CT molecular complexity index is 727. The van der Waals surface area contributed by atoms with E-state index in [0.717, 1.165) is 35.8 Å². The number of carbonyl (C=O) groups excluding carboxylic acids is 1. The topological polar surface area (TPSA) is 60.5 Å². The summed E-state index contributed by atoms with van der Waals surface area (Å²) in [5.41, 5.74) is 1.47. The standard InChI is InChI=1S/C20H26N2O3S/c1-13(2)25-17-6-4-16(5-7-17)20-22-18(12-26-20)19(23)21-11-15-8-9-24-14(3)10-15/h4-7,12-15H,8-11H2,1-3H3,(H,21,23)/t14-,15+/m0/s1. The molecule has 26 heavy (non-hydrogen) atoms. The monoisotopic (exact) mass is 374 g/mol. The fraction of sp³-hybridized carbons (Fsp3) is 0.500. The van der Waals surface area contributed by atoms with Gasteiger partial charge in [-0.15, -0.1) is 11.3 Å². The Morgan fingerprint density at radius 1 is 1.38 bits per heavy atom. The maximum Gasteiger partial charge on any atom is 0.270 e. The summed E-state index contributed by atoms with van der Waals surface area (Å²) in [6.45, 7) is 7.54. The maximum atomic E-state index is 12.4. The van der Waals surface area contributed by atoms with Crippen molar-refractivity contribution in [3.05, 3.63) is 35.3 Å². The molecule has 0 radical (unpaired) electrons. The van der Waals surface area contributed by atoms with Crippen LogP contribution in [0.5, 0.6) is 5.75 Å². The minimum atomic E-state index is -0.105. The molecule has 3 rings (SSSR count). The number of benzene rings is 1. The van der Waals surface area contributed by atoms with E-state index in [1.807, 2.05) is 43.5 Å². The van der Waals surface area contributed by atoms with Gasteiger partial charge in [-0.3, -0.25) is 4.79 Å². The van der Waals surface area contributed by atoms with Crippen molar-refractivity contribution in [3.63, 3.8) is 0 Å². The first-order valence-electron chi connectivity index (χ1n) is 9.13. The number of aromatic nitrogens is 1. The van der Waals surface area contributed by atoms with Gasteiger partial charge in [0.05, 0.1) is 12.2 Å². The maximum absolute atomic E-state index is 12.4. The molecule has 1 aromatic heterocycles. The number of hydrogen-bond acceptors (Lipinski definition) is 5. The molecule has 1 N–H and O–H groups in total. The lowest BCUT2D eigenvalue weighted by Gasteiger charge is -2.27. The van der Waals surface area contributed by atoms with Gasteiger partial charge in [-0.05, 0) is 63.8 Å². The van der Waals surface area contributed by atoms with Gasteiger partial charge in [0.25, 0.3) is 5.91 Å². The average molecular weight is 375 g/mol. The summed E-state index contributed by atoms with van der Waals surface area (Å²) in [7, 11) is 0. The van der Waals surface area contributed by atoms with Crippen LogP contribution in [0.3, 0.4) is 0 Å². The molecule has 5 nitrogen and oxygen atoms in total. The van der Waals surface area contributed by atoms with Crippen LogP contribution in [0.1, 0.15) is 44.1 Å². The first-order chi connectivity index (χ1) is 12.5. The first-order valence-corrected chi connectivity index (χ1v) is 10.0. The van der Waals surface area contributed by atoms with Crippen LogP contribution in [0, 0.1) is 5.92 Å². The van der Waals surface area contributed by atoms with E-state index in [1.54, 1.807) is 0 Å². The zero-order valence-electron chi connectivity index (χ0n) is 15.5. The van der Waals surface area contributed by atoms with Crippen molar-refractivity contribution in [2.75, 3.05) is 13.2 Å². The number of nitrogens with one attached hydrogen (secondary N) is 1. The minimum Gasteiger partial charge on any atom is -0.491 e. The molecule has 140 valence electrons. The highest BCUT2D eigenvalue weighted by Crippen LogP contribution is 2.26. The summed E-state index contributed by atoms with van der Waals surface area (Å²) in [6, 6.07) is 7.81. The van der Waals surface area contributed by atoms with E-state index in [-0.39, 0.29) is 18.1 Å². The van der Waals surface area contributed by atoms with Crippen molar-refractivity contribution in [2.45, 2.75) is 45.8 Å². The fourth-order valence-electron chi connectivity index (χ4n) is 3.06. The molecule has 0 aliphatic carbocycles. The number of thiazole rings is 1. The lowest BCUT2D eigenvalue weighted by Crippen LogP contribution is -2.34. The van der Waals surface area contributed by atoms with E-state index in [2.05, 4.69) is 17.2 Å². The zero-order valence-corrected chi connectivity index (χ0v) is 16.3. The van der Waals surface area contributed by atoms with Gasteiger partial charge in [0, 0.05) is 24.1 Å². The van der Waals surface area contributed by atoms with Crippen molar-refractivity contribution in [2.24, 2.45) is 5.92 Å². The van der Waals surface area contributed by atoms with E-state index >= 15 is 0 Å². The van der Waals surface area contributed by atoms with E-state index in [0.29, 0.717) is 18.2 Å². The van der Waals surface area contributed by atoms with Crippen LogP contribution in [0.25, 0.3) is 10.6 Å². The van der Waals surface area contributed by atoms with Crippen molar-refractivity contribution < 1.29 is 14.3 Å². The van der Waals surface area contributed by atoms with Gasteiger partial charge in [0.2, 0.25) is 0 Å². The van der Waals surface area contributed by atoms with Crippen molar-refractivity contribution >= 4 is 17.2 Å². The largest absolute Gasteiger partial charge is 0.491 e. The second-order valence-electron chi connectivity index (χ2n) is 7.01. The third-order valence-electron chi connectivity index (χ3n) is 4.35. The van der Waals surface area contributed by atoms with Gasteiger partial charge in [0.1, 0.15) is 16.5 Å². The number of carbonyl (C=O) groups is 1. The van der Waals surface area contributed by atoms with Crippen molar-refractivity contribution in [1.29, 1.82) is 0 Å². The van der Waals surface area contributed by atoms with Gasteiger partial charge < -0.3 is 14.8 Å². The highest BCUT2D eigenvalue weighted by molar-refractivity contribution is 7.13. The molecule has 0 spiro atoms. The fourth-order valence-corrected chi connectivity index (χ4v) is 3.87. The van der Waals surface area contributed by atoms with E-state index in [1.165, 1.54) is 11.3 Å². The Morgan fingerprint density at radius 3 is 2.85 bits per heavy atom. The third kappa shape index (κ3) is 5.05. The second kappa shape index (κ2) is 8.64. The van der Waals surface area contributed by atoms with Gasteiger partial charge in [-0.2, -0.15) is 0 Å². The number of ether oxygens (including phenoxy) is 2. The van der Waals surface area contributed by atoms with Crippen LogP contribution in [-0.4, -0.2) is 36.3 Å². The third-order valence-corrected chi connectivity index (χ3v) is 5.25. The smallest absolute Gasteiger partial charge is 0.270 e. The van der Waals surface area contributed by atoms with Gasteiger partial charge in [0.15, 0.2) is 0 Å². The number of hydrogen-bond donors (Lipinski definition) is 1. The number of rotatable bonds is 6. The molecule has 1 aliphatic rings. The van der Waals surface area contributed by atoms with Crippen LogP contribution in [0.2, 0.25) is 0 Å². The number of amides is 1. The van der Waals surface area contributed by atoms with Crippen molar-refractivity contribution in [3.8, 4) is 16.3 Å². The van der Waals surface area contributed by atoms with Crippen molar-refractivity contribution in [1.82, 2.24) is 10.3 Å². The summed E-state index contributed by atoms with van der Waals surface area (Å²) < 4.78 is 11.2. The predicted molar refractivity (Wildman–Crippen MR) is 104 cm³/mol. The lowest BCUT2D eigenvalue weighted by molar-refractivity contribution is 0.00301. The Kier molecular flexibility index (Phi) is 6.27. The molecule has 2 atom stereocenters. The highest BCUT2D eigenvalue weighted by Gasteiger charge is 2.20.